The Labute approximate surface area is 149 Å². The van der Waals surface area contributed by atoms with E-state index in [-0.39, 0.29) is 11.8 Å². The Morgan fingerprint density at radius 2 is 1.68 bits per heavy atom. The summed E-state index contributed by atoms with van der Waals surface area (Å²) in [4.78, 5) is 29.0. The lowest BCUT2D eigenvalue weighted by Gasteiger charge is -2.39. The Balaban J connectivity index is 1.74. The predicted octanol–water partition coefficient (Wildman–Crippen LogP) is 3.11. The van der Waals surface area contributed by atoms with Crippen molar-refractivity contribution in [2.75, 3.05) is 18.0 Å². The minimum absolute atomic E-state index is 0.00660. The first-order valence-electron chi connectivity index (χ1n) is 8.69. The Bertz CT molecular complexity index is 765. The summed E-state index contributed by atoms with van der Waals surface area (Å²) in [6, 6.07) is 15.4. The second-order valence-electron chi connectivity index (χ2n) is 6.76. The van der Waals surface area contributed by atoms with Crippen LogP contribution in [0.25, 0.3) is 0 Å². The van der Waals surface area contributed by atoms with Crippen LogP contribution in [0.4, 0.5) is 5.69 Å². The number of hydrogen-bond donors (Lipinski definition) is 0. The highest BCUT2D eigenvalue weighted by molar-refractivity contribution is 6.00. The molecule has 0 saturated carbocycles. The van der Waals surface area contributed by atoms with E-state index >= 15 is 0 Å². The molecule has 0 N–H and O–H groups in total. The molecular formula is C21H24N2O2. The third-order valence-corrected chi connectivity index (χ3v) is 4.69. The van der Waals surface area contributed by atoms with Crippen molar-refractivity contribution < 1.29 is 9.59 Å². The number of rotatable bonds is 3. The molecule has 2 amide bonds. The van der Waals surface area contributed by atoms with Crippen molar-refractivity contribution in [1.82, 2.24) is 4.90 Å². The van der Waals surface area contributed by atoms with E-state index in [0.717, 1.165) is 22.4 Å². The summed E-state index contributed by atoms with van der Waals surface area (Å²) >= 11 is 0. The molecule has 4 nitrogen and oxygen atoms in total. The molecule has 1 atom stereocenters. The quantitative estimate of drug-likeness (QED) is 0.864. The van der Waals surface area contributed by atoms with Crippen LogP contribution in [0.5, 0.6) is 0 Å². The van der Waals surface area contributed by atoms with Crippen molar-refractivity contribution in [3.8, 4) is 0 Å². The number of aryl methyl sites for hydroxylation is 2. The van der Waals surface area contributed by atoms with Crippen molar-refractivity contribution in [2.24, 2.45) is 0 Å². The molecule has 1 aliphatic rings. The van der Waals surface area contributed by atoms with Crippen LogP contribution < -0.4 is 4.90 Å². The van der Waals surface area contributed by atoms with Gasteiger partial charge in [0.05, 0.1) is 6.42 Å². The van der Waals surface area contributed by atoms with E-state index < -0.39 is 6.04 Å². The molecule has 4 heteroatoms. The smallest absolute Gasteiger partial charge is 0.249 e. The molecule has 1 heterocycles. The molecule has 0 radical (unpaired) electrons. The lowest BCUT2D eigenvalue weighted by atomic mass is 10.1. The van der Waals surface area contributed by atoms with Crippen LogP contribution >= 0.6 is 0 Å². The zero-order valence-electron chi connectivity index (χ0n) is 15.0. The first-order valence-corrected chi connectivity index (χ1v) is 8.69. The maximum Gasteiger partial charge on any atom is 0.249 e. The normalized spacial score (nSPS) is 17.7. The number of nitrogens with zero attached hydrogens (tertiary/aromatic N) is 2. The Morgan fingerprint density at radius 1 is 1.04 bits per heavy atom. The van der Waals surface area contributed by atoms with E-state index in [2.05, 4.69) is 6.07 Å². The minimum atomic E-state index is -0.439. The molecule has 0 spiro atoms. The molecule has 2 aromatic carbocycles. The van der Waals surface area contributed by atoms with Crippen LogP contribution in [-0.2, 0) is 16.0 Å². The third kappa shape index (κ3) is 3.73. The van der Waals surface area contributed by atoms with Gasteiger partial charge in [-0.1, -0.05) is 36.4 Å². The zero-order valence-corrected chi connectivity index (χ0v) is 15.0. The van der Waals surface area contributed by atoms with E-state index in [0.29, 0.717) is 19.5 Å². The summed E-state index contributed by atoms with van der Waals surface area (Å²) in [6.07, 6.45) is 0.335. The zero-order chi connectivity index (χ0) is 18.0. The number of benzene rings is 2. The molecule has 1 aliphatic heterocycles. The summed E-state index contributed by atoms with van der Waals surface area (Å²) in [5.74, 6) is -0.00946. The van der Waals surface area contributed by atoms with Gasteiger partial charge in [0.2, 0.25) is 11.8 Å². The van der Waals surface area contributed by atoms with E-state index in [4.69, 9.17) is 0 Å². The molecule has 130 valence electrons. The van der Waals surface area contributed by atoms with Crippen molar-refractivity contribution in [1.29, 1.82) is 0 Å². The van der Waals surface area contributed by atoms with Gasteiger partial charge in [0.25, 0.3) is 0 Å². The average molecular weight is 336 g/mol. The molecular weight excluding hydrogens is 312 g/mol. The van der Waals surface area contributed by atoms with Gasteiger partial charge in [0, 0.05) is 18.8 Å². The first-order chi connectivity index (χ1) is 12.0. The Morgan fingerprint density at radius 3 is 2.32 bits per heavy atom. The highest BCUT2D eigenvalue weighted by atomic mass is 16.2. The summed E-state index contributed by atoms with van der Waals surface area (Å²) < 4.78 is 0. The van der Waals surface area contributed by atoms with Gasteiger partial charge < -0.3 is 9.80 Å². The van der Waals surface area contributed by atoms with Crippen molar-refractivity contribution in [3.05, 3.63) is 65.2 Å². The van der Waals surface area contributed by atoms with Crippen LogP contribution in [0, 0.1) is 13.8 Å². The first kappa shape index (κ1) is 17.2. The van der Waals surface area contributed by atoms with Gasteiger partial charge in [-0.05, 0) is 49.6 Å². The van der Waals surface area contributed by atoms with Crippen molar-refractivity contribution >= 4 is 17.5 Å². The molecule has 1 unspecified atom stereocenters. The highest BCUT2D eigenvalue weighted by Crippen LogP contribution is 2.23. The summed E-state index contributed by atoms with van der Waals surface area (Å²) in [7, 11) is 0. The maximum atomic E-state index is 12.8. The fraction of sp³-hybridized carbons (Fsp3) is 0.333. The SMILES string of the molecule is Cc1cc(C)cc(N2CCN(C(=O)Cc3ccccc3)C(C)C2=O)c1. The highest BCUT2D eigenvalue weighted by Gasteiger charge is 2.34. The van der Waals surface area contributed by atoms with Gasteiger partial charge in [-0.3, -0.25) is 9.59 Å². The Kier molecular flexibility index (Phi) is 4.88. The average Bonchev–Trinajstić information content (AvgIpc) is 2.57. The van der Waals surface area contributed by atoms with E-state index in [9.17, 15) is 9.59 Å². The molecule has 0 aliphatic carbocycles. The second kappa shape index (κ2) is 7.09. The third-order valence-electron chi connectivity index (χ3n) is 4.69. The minimum Gasteiger partial charge on any atom is -0.329 e. The summed E-state index contributed by atoms with van der Waals surface area (Å²) in [5.41, 5.74) is 4.17. The lowest BCUT2D eigenvalue weighted by molar-refractivity contribution is -0.140. The number of carbonyl (C=O) groups excluding carboxylic acids is 2. The topological polar surface area (TPSA) is 40.6 Å². The fourth-order valence-electron chi connectivity index (χ4n) is 3.45. The monoisotopic (exact) mass is 336 g/mol. The van der Waals surface area contributed by atoms with Crippen LogP contribution in [0.1, 0.15) is 23.6 Å². The van der Waals surface area contributed by atoms with Crippen LogP contribution in [-0.4, -0.2) is 35.8 Å². The standard InChI is InChI=1S/C21H24N2O2/c1-15-11-16(2)13-19(12-15)23-10-9-22(17(3)21(23)25)20(24)14-18-7-5-4-6-8-18/h4-8,11-13,17H,9-10,14H2,1-3H3. The number of piperazine rings is 1. The van der Waals surface area contributed by atoms with Crippen LogP contribution in [0.15, 0.2) is 48.5 Å². The molecule has 25 heavy (non-hydrogen) atoms. The maximum absolute atomic E-state index is 12.8. The van der Waals surface area contributed by atoms with Crippen LogP contribution in [0.2, 0.25) is 0 Å². The molecule has 3 rings (SSSR count). The van der Waals surface area contributed by atoms with Crippen molar-refractivity contribution in [2.45, 2.75) is 33.2 Å². The van der Waals surface area contributed by atoms with Crippen LogP contribution in [0.3, 0.4) is 0 Å². The molecule has 1 saturated heterocycles. The number of amides is 2. The number of hydrogen-bond acceptors (Lipinski definition) is 2. The van der Waals surface area contributed by atoms with Gasteiger partial charge in [0.15, 0.2) is 0 Å². The Hall–Kier alpha value is -2.62. The van der Waals surface area contributed by atoms with Gasteiger partial charge >= 0.3 is 0 Å². The van der Waals surface area contributed by atoms with E-state index in [1.165, 1.54) is 0 Å². The van der Waals surface area contributed by atoms with Gasteiger partial charge in [-0.15, -0.1) is 0 Å². The largest absolute Gasteiger partial charge is 0.329 e. The molecule has 0 bridgehead atoms. The molecule has 2 aromatic rings. The summed E-state index contributed by atoms with van der Waals surface area (Å²) in [5, 5.41) is 0. The fourth-order valence-corrected chi connectivity index (χ4v) is 3.45. The lowest BCUT2D eigenvalue weighted by Crippen LogP contribution is -2.58. The van der Waals surface area contributed by atoms with E-state index in [1.807, 2.05) is 63.2 Å². The summed E-state index contributed by atoms with van der Waals surface area (Å²) in [6.45, 7) is 6.98. The second-order valence-corrected chi connectivity index (χ2v) is 6.76. The van der Waals surface area contributed by atoms with E-state index in [1.54, 1.807) is 9.80 Å². The van der Waals surface area contributed by atoms with Gasteiger partial charge in [-0.2, -0.15) is 0 Å². The van der Waals surface area contributed by atoms with Gasteiger partial charge in [0.1, 0.15) is 6.04 Å². The molecule has 0 aromatic heterocycles. The van der Waals surface area contributed by atoms with Gasteiger partial charge in [-0.25, -0.2) is 0 Å². The number of anilines is 1. The molecule has 1 fully saturated rings. The predicted molar refractivity (Wildman–Crippen MR) is 99.6 cm³/mol. The number of carbonyl (C=O) groups is 2. The van der Waals surface area contributed by atoms with Crippen molar-refractivity contribution in [3.63, 3.8) is 0 Å².